The molecule has 4 rings (SSSR count). The van der Waals surface area contributed by atoms with E-state index >= 15 is 0 Å². The molecule has 1 saturated heterocycles. The number of anilines is 1. The Balaban J connectivity index is 1.42. The molecule has 0 radical (unpaired) electrons. The van der Waals surface area contributed by atoms with E-state index in [4.69, 9.17) is 9.47 Å². The van der Waals surface area contributed by atoms with Gasteiger partial charge in [0.1, 0.15) is 25.3 Å². The monoisotopic (exact) mass is 480 g/mol. The van der Waals surface area contributed by atoms with Crippen molar-refractivity contribution in [3.8, 4) is 11.5 Å². The van der Waals surface area contributed by atoms with Crippen LogP contribution in [-0.2, 0) is 15.1 Å². The molecule has 0 aliphatic carbocycles. The molecule has 2 aliphatic heterocycles. The second-order valence-electron chi connectivity index (χ2n) is 8.41. The Hall–Kier alpha value is -4.08. The fourth-order valence-electron chi connectivity index (χ4n) is 4.12. The summed E-state index contributed by atoms with van der Waals surface area (Å²) in [5.41, 5.74) is 0.139. The van der Waals surface area contributed by atoms with Crippen LogP contribution in [0.4, 0.5) is 10.5 Å². The van der Waals surface area contributed by atoms with Crippen LogP contribution in [0.25, 0.3) is 0 Å². The zero-order valence-corrected chi connectivity index (χ0v) is 19.9. The highest BCUT2D eigenvalue weighted by Gasteiger charge is 2.49. The second-order valence-corrected chi connectivity index (χ2v) is 8.41. The van der Waals surface area contributed by atoms with Crippen LogP contribution < -0.4 is 20.1 Å². The quantitative estimate of drug-likeness (QED) is 0.588. The minimum atomic E-state index is -1.35. The van der Waals surface area contributed by atoms with Crippen molar-refractivity contribution in [1.29, 1.82) is 0 Å². The second kappa shape index (κ2) is 9.65. The van der Waals surface area contributed by atoms with Gasteiger partial charge in [-0.25, -0.2) is 4.79 Å². The van der Waals surface area contributed by atoms with Gasteiger partial charge in [0.05, 0.1) is 0 Å². The van der Waals surface area contributed by atoms with Crippen LogP contribution in [0.2, 0.25) is 0 Å². The van der Waals surface area contributed by atoms with E-state index in [1.165, 1.54) is 0 Å². The molecule has 1 atom stereocenters. The fourth-order valence-corrected chi connectivity index (χ4v) is 4.12. The maximum Gasteiger partial charge on any atom is 0.325 e. The molecule has 2 aromatic rings. The maximum absolute atomic E-state index is 13.2. The molecule has 184 valence electrons. The minimum absolute atomic E-state index is 0.0920. The molecule has 5 amide bonds. The smallest absolute Gasteiger partial charge is 0.325 e. The Labute approximate surface area is 203 Å². The SMILES string of the molecule is CCN(CC)C(=O)c1ccc(NC(=O)CN2C(=O)N[C@@](C)(c3ccc4c(c3)OCCO4)C2=O)cc1. The van der Waals surface area contributed by atoms with Crippen LogP contribution in [0.1, 0.15) is 36.7 Å². The first-order valence-electron chi connectivity index (χ1n) is 11.5. The van der Waals surface area contributed by atoms with Gasteiger partial charge in [-0.3, -0.25) is 19.3 Å². The summed E-state index contributed by atoms with van der Waals surface area (Å²) in [4.78, 5) is 53.4. The van der Waals surface area contributed by atoms with Crippen molar-refractivity contribution in [2.75, 3.05) is 38.2 Å². The average molecular weight is 481 g/mol. The largest absolute Gasteiger partial charge is 0.486 e. The van der Waals surface area contributed by atoms with Gasteiger partial charge in [0, 0.05) is 24.3 Å². The molecule has 0 saturated carbocycles. The Morgan fingerprint density at radius 3 is 2.34 bits per heavy atom. The summed E-state index contributed by atoms with van der Waals surface area (Å²) in [5.74, 6) is -0.111. The molecule has 0 spiro atoms. The maximum atomic E-state index is 13.2. The van der Waals surface area contributed by atoms with Gasteiger partial charge < -0.3 is 25.0 Å². The van der Waals surface area contributed by atoms with Gasteiger partial charge in [0.25, 0.3) is 11.8 Å². The number of imide groups is 1. The lowest BCUT2D eigenvalue weighted by Gasteiger charge is -2.25. The van der Waals surface area contributed by atoms with E-state index in [0.717, 1.165) is 4.90 Å². The molecule has 1 fully saturated rings. The third-order valence-corrected chi connectivity index (χ3v) is 6.16. The van der Waals surface area contributed by atoms with Crippen LogP contribution in [0.5, 0.6) is 11.5 Å². The zero-order valence-electron chi connectivity index (χ0n) is 19.9. The predicted octanol–water partition coefficient (Wildman–Crippen LogP) is 2.35. The van der Waals surface area contributed by atoms with Gasteiger partial charge in [-0.15, -0.1) is 0 Å². The highest BCUT2D eigenvalue weighted by molar-refractivity contribution is 6.10. The molecule has 0 unspecified atom stereocenters. The Bertz CT molecular complexity index is 1160. The first kappa shape index (κ1) is 24.1. The number of rotatable bonds is 7. The van der Waals surface area contributed by atoms with Gasteiger partial charge in [-0.2, -0.15) is 0 Å². The van der Waals surface area contributed by atoms with E-state index in [-0.39, 0.29) is 5.91 Å². The Morgan fingerprint density at radius 1 is 1.03 bits per heavy atom. The molecule has 10 heteroatoms. The number of amides is 5. The molecular formula is C25H28N4O6. The lowest BCUT2D eigenvalue weighted by molar-refractivity contribution is -0.133. The van der Waals surface area contributed by atoms with E-state index in [2.05, 4.69) is 10.6 Å². The van der Waals surface area contributed by atoms with E-state index < -0.39 is 29.9 Å². The van der Waals surface area contributed by atoms with Crippen molar-refractivity contribution in [2.24, 2.45) is 0 Å². The van der Waals surface area contributed by atoms with Crippen molar-refractivity contribution in [3.63, 3.8) is 0 Å². The van der Waals surface area contributed by atoms with Crippen molar-refractivity contribution >= 4 is 29.4 Å². The molecule has 0 aromatic heterocycles. The van der Waals surface area contributed by atoms with Crippen molar-refractivity contribution in [2.45, 2.75) is 26.3 Å². The number of carbonyl (C=O) groups is 4. The van der Waals surface area contributed by atoms with Gasteiger partial charge in [-0.05, 0) is 62.7 Å². The molecule has 2 aliphatic rings. The van der Waals surface area contributed by atoms with Gasteiger partial charge in [-0.1, -0.05) is 6.07 Å². The zero-order chi connectivity index (χ0) is 25.2. The highest BCUT2D eigenvalue weighted by Crippen LogP contribution is 2.36. The topological polar surface area (TPSA) is 117 Å². The van der Waals surface area contributed by atoms with E-state index in [1.807, 2.05) is 13.8 Å². The molecule has 35 heavy (non-hydrogen) atoms. The number of carbonyl (C=O) groups excluding carboxylic acids is 4. The summed E-state index contributed by atoms with van der Waals surface area (Å²) >= 11 is 0. The summed E-state index contributed by atoms with van der Waals surface area (Å²) in [6.45, 7) is 6.99. The number of urea groups is 1. The number of nitrogens with one attached hydrogen (secondary N) is 2. The number of benzene rings is 2. The summed E-state index contributed by atoms with van der Waals surface area (Å²) in [7, 11) is 0. The standard InChI is InChI=1S/C25H28N4O6/c1-4-28(5-2)22(31)16-6-9-18(10-7-16)26-21(30)15-29-23(32)25(3,27-24(29)33)17-8-11-19-20(14-17)35-13-12-34-19/h6-11,14H,4-5,12-13,15H2,1-3H3,(H,26,30)(H,27,33)/t25-/m0/s1. The van der Waals surface area contributed by atoms with Crippen LogP contribution in [-0.4, -0.2) is 66.4 Å². The average Bonchev–Trinajstić information content (AvgIpc) is 3.08. The van der Waals surface area contributed by atoms with Crippen LogP contribution >= 0.6 is 0 Å². The van der Waals surface area contributed by atoms with Crippen molar-refractivity contribution in [1.82, 2.24) is 15.1 Å². The Morgan fingerprint density at radius 2 is 1.69 bits per heavy atom. The lowest BCUT2D eigenvalue weighted by Crippen LogP contribution is -2.42. The van der Waals surface area contributed by atoms with Crippen molar-refractivity contribution in [3.05, 3.63) is 53.6 Å². The molecule has 10 nitrogen and oxygen atoms in total. The normalized spacial score (nSPS) is 18.8. The number of hydrogen-bond acceptors (Lipinski definition) is 6. The van der Waals surface area contributed by atoms with E-state index in [0.29, 0.717) is 54.6 Å². The first-order valence-corrected chi connectivity index (χ1v) is 11.5. The van der Waals surface area contributed by atoms with Crippen molar-refractivity contribution < 1.29 is 28.7 Å². The third-order valence-electron chi connectivity index (χ3n) is 6.16. The summed E-state index contributed by atoms with van der Waals surface area (Å²) in [6, 6.07) is 10.9. The molecule has 2 aromatic carbocycles. The number of ether oxygens (including phenoxy) is 2. The molecule has 2 heterocycles. The van der Waals surface area contributed by atoms with Crippen LogP contribution in [0, 0.1) is 0 Å². The number of fused-ring (bicyclic) bond motifs is 1. The van der Waals surface area contributed by atoms with Gasteiger partial charge in [0.15, 0.2) is 11.5 Å². The van der Waals surface area contributed by atoms with Crippen LogP contribution in [0.3, 0.4) is 0 Å². The molecule has 2 N–H and O–H groups in total. The Kier molecular flexibility index (Phi) is 6.63. The third kappa shape index (κ3) is 4.64. The fraction of sp³-hybridized carbons (Fsp3) is 0.360. The highest BCUT2D eigenvalue weighted by atomic mass is 16.6. The number of hydrogen-bond donors (Lipinski definition) is 2. The minimum Gasteiger partial charge on any atom is -0.486 e. The number of nitrogens with zero attached hydrogens (tertiary/aromatic N) is 2. The van der Waals surface area contributed by atoms with Gasteiger partial charge >= 0.3 is 6.03 Å². The summed E-state index contributed by atoms with van der Waals surface area (Å²) in [5, 5.41) is 5.35. The van der Waals surface area contributed by atoms with E-state index in [9.17, 15) is 19.2 Å². The predicted molar refractivity (Wildman–Crippen MR) is 127 cm³/mol. The van der Waals surface area contributed by atoms with Crippen LogP contribution in [0.15, 0.2) is 42.5 Å². The van der Waals surface area contributed by atoms with E-state index in [1.54, 1.807) is 54.3 Å². The summed E-state index contributed by atoms with van der Waals surface area (Å²) in [6.07, 6.45) is 0. The first-order chi connectivity index (χ1) is 16.8. The lowest BCUT2D eigenvalue weighted by atomic mass is 9.91. The van der Waals surface area contributed by atoms with Gasteiger partial charge in [0.2, 0.25) is 5.91 Å². The molecule has 0 bridgehead atoms. The molecular weight excluding hydrogens is 452 g/mol. The summed E-state index contributed by atoms with van der Waals surface area (Å²) < 4.78 is 11.1.